The van der Waals surface area contributed by atoms with Gasteiger partial charge in [-0.3, -0.25) is 0 Å². The second-order valence-corrected chi connectivity index (χ2v) is 6.58. The van der Waals surface area contributed by atoms with Crippen molar-refractivity contribution in [3.63, 3.8) is 0 Å². The summed E-state index contributed by atoms with van der Waals surface area (Å²) >= 11 is 3.43. The van der Waals surface area contributed by atoms with Crippen LogP contribution in [0.25, 0.3) is 0 Å². The maximum absolute atomic E-state index is 14.0. The van der Waals surface area contributed by atoms with E-state index in [0.717, 1.165) is 29.5 Å². The molecule has 20 heavy (non-hydrogen) atoms. The first-order chi connectivity index (χ1) is 9.59. The minimum absolute atomic E-state index is 0.0215. The highest BCUT2D eigenvalue weighted by Gasteiger charge is 2.39. The van der Waals surface area contributed by atoms with E-state index in [1.165, 1.54) is 17.2 Å². The van der Waals surface area contributed by atoms with Crippen molar-refractivity contribution in [3.8, 4) is 0 Å². The molecular formula is C17H17BrFN. The molecule has 0 aromatic heterocycles. The molecule has 0 unspecified atom stereocenters. The maximum Gasteiger partial charge on any atom is 0.126 e. The van der Waals surface area contributed by atoms with Gasteiger partial charge in [0.1, 0.15) is 5.82 Å². The van der Waals surface area contributed by atoms with Crippen LogP contribution in [0.4, 0.5) is 4.39 Å². The molecule has 2 aromatic carbocycles. The second-order valence-electron chi connectivity index (χ2n) is 5.67. The zero-order valence-corrected chi connectivity index (χ0v) is 13.0. The van der Waals surface area contributed by atoms with E-state index in [0.29, 0.717) is 0 Å². The summed E-state index contributed by atoms with van der Waals surface area (Å²) in [4.78, 5) is 0. The molecule has 0 amide bonds. The molecule has 1 N–H and O–H groups in total. The van der Waals surface area contributed by atoms with E-state index in [1.54, 1.807) is 6.07 Å². The number of hydrogen-bond donors (Lipinski definition) is 1. The largest absolute Gasteiger partial charge is 0.315 e. The fraction of sp³-hybridized carbons (Fsp3) is 0.294. The van der Waals surface area contributed by atoms with E-state index in [2.05, 4.69) is 52.4 Å². The number of rotatable bonds is 3. The monoisotopic (exact) mass is 333 g/mol. The fourth-order valence-corrected chi connectivity index (χ4v) is 3.28. The van der Waals surface area contributed by atoms with E-state index in [1.807, 2.05) is 6.07 Å². The zero-order chi connectivity index (χ0) is 14.2. The Morgan fingerprint density at radius 2 is 2.00 bits per heavy atom. The highest BCUT2D eigenvalue weighted by atomic mass is 79.9. The highest BCUT2D eigenvalue weighted by molar-refractivity contribution is 9.10. The Bertz CT molecular complexity index is 635. The molecule has 1 fully saturated rings. The summed E-state index contributed by atoms with van der Waals surface area (Å²) in [6.45, 7) is 3.91. The van der Waals surface area contributed by atoms with Crippen molar-refractivity contribution < 1.29 is 4.39 Å². The van der Waals surface area contributed by atoms with Gasteiger partial charge in [-0.1, -0.05) is 45.8 Å². The predicted octanol–water partition coefficient (Wildman–Crippen LogP) is 3.98. The van der Waals surface area contributed by atoms with E-state index in [9.17, 15) is 4.39 Å². The first-order valence-corrected chi connectivity index (χ1v) is 7.60. The van der Waals surface area contributed by atoms with Gasteiger partial charge < -0.3 is 5.32 Å². The van der Waals surface area contributed by atoms with E-state index in [4.69, 9.17) is 0 Å². The molecule has 3 heteroatoms. The Morgan fingerprint density at radius 1 is 1.20 bits per heavy atom. The molecule has 1 aliphatic heterocycles. The van der Waals surface area contributed by atoms with Gasteiger partial charge in [-0.05, 0) is 42.7 Å². The average Bonchev–Trinajstić information content (AvgIpc) is 2.38. The summed E-state index contributed by atoms with van der Waals surface area (Å²) in [5, 5.41) is 3.34. The fourth-order valence-electron chi connectivity index (χ4n) is 2.88. The molecule has 1 saturated heterocycles. The first-order valence-electron chi connectivity index (χ1n) is 6.81. The highest BCUT2D eigenvalue weighted by Crippen LogP contribution is 2.34. The van der Waals surface area contributed by atoms with E-state index in [-0.39, 0.29) is 11.2 Å². The van der Waals surface area contributed by atoms with Crippen molar-refractivity contribution in [3.05, 3.63) is 69.4 Å². The van der Waals surface area contributed by atoms with Crippen molar-refractivity contribution >= 4 is 15.9 Å². The molecule has 0 radical (unpaired) electrons. The molecule has 2 aromatic rings. The van der Waals surface area contributed by atoms with Gasteiger partial charge in [-0.25, -0.2) is 4.39 Å². The SMILES string of the molecule is Cc1cccc(C2(Cc3cc(Br)ccc3F)CNC2)c1. The van der Waals surface area contributed by atoms with Gasteiger partial charge in [-0.2, -0.15) is 0 Å². The van der Waals surface area contributed by atoms with Gasteiger partial charge in [0.25, 0.3) is 0 Å². The van der Waals surface area contributed by atoms with Crippen LogP contribution in [0.1, 0.15) is 16.7 Å². The molecule has 1 aliphatic rings. The van der Waals surface area contributed by atoms with Crippen LogP contribution in [0.5, 0.6) is 0 Å². The van der Waals surface area contributed by atoms with Crippen LogP contribution in [0.2, 0.25) is 0 Å². The third kappa shape index (κ3) is 2.52. The Kier molecular flexibility index (Phi) is 3.65. The molecule has 0 bridgehead atoms. The minimum atomic E-state index is -0.118. The topological polar surface area (TPSA) is 12.0 Å². The number of aryl methyl sites for hydroxylation is 1. The average molecular weight is 334 g/mol. The quantitative estimate of drug-likeness (QED) is 0.895. The van der Waals surface area contributed by atoms with Crippen LogP contribution in [0, 0.1) is 12.7 Å². The molecule has 1 nitrogen and oxygen atoms in total. The molecule has 0 spiro atoms. The van der Waals surface area contributed by atoms with Crippen molar-refractivity contribution in [2.24, 2.45) is 0 Å². The minimum Gasteiger partial charge on any atom is -0.315 e. The van der Waals surface area contributed by atoms with E-state index >= 15 is 0 Å². The zero-order valence-electron chi connectivity index (χ0n) is 11.4. The molecular weight excluding hydrogens is 317 g/mol. The first kappa shape index (κ1) is 13.8. The van der Waals surface area contributed by atoms with Gasteiger partial charge in [0.2, 0.25) is 0 Å². The van der Waals surface area contributed by atoms with Crippen LogP contribution in [-0.2, 0) is 11.8 Å². The molecule has 3 rings (SSSR count). The maximum atomic E-state index is 14.0. The lowest BCUT2D eigenvalue weighted by Crippen LogP contribution is -2.58. The molecule has 0 atom stereocenters. The van der Waals surface area contributed by atoms with Crippen molar-refractivity contribution in [2.45, 2.75) is 18.8 Å². The summed E-state index contributed by atoms with van der Waals surface area (Å²) in [5.74, 6) is -0.118. The summed E-state index contributed by atoms with van der Waals surface area (Å²) in [7, 11) is 0. The van der Waals surface area contributed by atoms with Gasteiger partial charge >= 0.3 is 0 Å². The van der Waals surface area contributed by atoms with Crippen molar-refractivity contribution in [2.75, 3.05) is 13.1 Å². The summed E-state index contributed by atoms with van der Waals surface area (Å²) in [6.07, 6.45) is 0.731. The number of halogens is 2. The van der Waals surface area contributed by atoms with Gasteiger partial charge in [0, 0.05) is 23.0 Å². The number of nitrogens with one attached hydrogen (secondary N) is 1. The lowest BCUT2D eigenvalue weighted by molar-refractivity contribution is 0.272. The molecule has 0 aliphatic carbocycles. The van der Waals surface area contributed by atoms with Gasteiger partial charge in [0.15, 0.2) is 0 Å². The van der Waals surface area contributed by atoms with Gasteiger partial charge in [0.05, 0.1) is 0 Å². The number of hydrogen-bond acceptors (Lipinski definition) is 1. The molecule has 104 valence electrons. The number of benzene rings is 2. The molecule has 1 heterocycles. The lowest BCUT2D eigenvalue weighted by Gasteiger charge is -2.43. The van der Waals surface area contributed by atoms with Crippen molar-refractivity contribution in [1.29, 1.82) is 0 Å². The summed E-state index contributed by atoms with van der Waals surface area (Å²) in [5.41, 5.74) is 3.36. The summed E-state index contributed by atoms with van der Waals surface area (Å²) in [6, 6.07) is 13.7. The van der Waals surface area contributed by atoms with Crippen LogP contribution >= 0.6 is 15.9 Å². The van der Waals surface area contributed by atoms with Crippen LogP contribution < -0.4 is 5.32 Å². The standard InChI is InChI=1S/C17H17BrFN/c1-12-3-2-4-14(7-12)17(10-20-11-17)9-13-8-15(18)5-6-16(13)19/h2-8,20H,9-11H2,1H3. The van der Waals surface area contributed by atoms with Crippen LogP contribution in [-0.4, -0.2) is 13.1 Å². The third-order valence-corrected chi connectivity index (χ3v) is 4.59. The Morgan fingerprint density at radius 3 is 2.65 bits per heavy atom. The lowest BCUT2D eigenvalue weighted by atomic mass is 9.70. The molecule has 0 saturated carbocycles. The smallest absolute Gasteiger partial charge is 0.126 e. The third-order valence-electron chi connectivity index (χ3n) is 4.09. The Labute approximate surface area is 127 Å². The normalized spacial score (nSPS) is 16.8. The Balaban J connectivity index is 1.96. The predicted molar refractivity (Wildman–Crippen MR) is 83.5 cm³/mol. The van der Waals surface area contributed by atoms with Gasteiger partial charge in [-0.15, -0.1) is 0 Å². The van der Waals surface area contributed by atoms with Crippen LogP contribution in [0.15, 0.2) is 46.9 Å². The summed E-state index contributed by atoms with van der Waals surface area (Å²) < 4.78 is 14.9. The van der Waals surface area contributed by atoms with E-state index < -0.39 is 0 Å². The Hall–Kier alpha value is -1.19. The second kappa shape index (κ2) is 5.30. The van der Waals surface area contributed by atoms with Crippen molar-refractivity contribution in [1.82, 2.24) is 5.32 Å². The van der Waals surface area contributed by atoms with Crippen LogP contribution in [0.3, 0.4) is 0 Å².